The minimum atomic E-state index is -0.155. The number of carbonyl (C=O) groups is 1. The smallest absolute Gasteiger partial charge is 0.231 e. The Labute approximate surface area is 164 Å². The minimum Gasteiger partial charge on any atom is -0.507 e. The lowest BCUT2D eigenvalue weighted by Gasteiger charge is -2.15. The van der Waals surface area contributed by atoms with Gasteiger partial charge in [-0.3, -0.25) is 4.79 Å². The average molecular weight is 378 g/mol. The molecule has 0 bridgehead atoms. The lowest BCUT2D eigenvalue weighted by Crippen LogP contribution is -3.08. The quantitative estimate of drug-likeness (QED) is 0.786. The number of phenols is 1. The fraction of sp³-hybridized carbons (Fsp3) is 0.261. The van der Waals surface area contributed by atoms with Crippen LogP contribution >= 0.6 is 0 Å². The molecule has 2 N–H and O–H groups in total. The summed E-state index contributed by atoms with van der Waals surface area (Å²) < 4.78 is 11.2. The number of carbonyl (C=O) groups excluding carboxylic acids is 1. The van der Waals surface area contributed by atoms with E-state index in [1.165, 1.54) is 17.7 Å². The molecule has 1 saturated heterocycles. The first kappa shape index (κ1) is 18.3. The van der Waals surface area contributed by atoms with E-state index in [9.17, 15) is 9.90 Å². The summed E-state index contributed by atoms with van der Waals surface area (Å²) in [5.74, 6) is 1.57. The third kappa shape index (κ3) is 3.53. The molecule has 0 radical (unpaired) electrons. The number of ketones is 1. The first-order valence-electron chi connectivity index (χ1n) is 9.59. The van der Waals surface area contributed by atoms with Crippen molar-refractivity contribution in [1.29, 1.82) is 0 Å². The van der Waals surface area contributed by atoms with E-state index in [1.807, 2.05) is 30.3 Å². The molecule has 0 spiro atoms. The highest BCUT2D eigenvalue weighted by Crippen LogP contribution is 2.38. The van der Waals surface area contributed by atoms with Gasteiger partial charge in [-0.25, -0.2) is 0 Å². The Kier molecular flexibility index (Phi) is 5.17. The Morgan fingerprint density at radius 2 is 1.96 bits per heavy atom. The molecule has 5 nitrogen and oxygen atoms in total. The third-order valence-electron chi connectivity index (χ3n) is 5.32. The van der Waals surface area contributed by atoms with Crippen molar-refractivity contribution in [3.05, 3.63) is 71.0 Å². The van der Waals surface area contributed by atoms with Crippen LogP contribution in [0.5, 0.6) is 17.2 Å². The van der Waals surface area contributed by atoms with Crippen molar-refractivity contribution in [3.63, 3.8) is 0 Å². The van der Waals surface area contributed by atoms with Gasteiger partial charge in [0.1, 0.15) is 18.0 Å². The fourth-order valence-electron chi connectivity index (χ4n) is 3.83. The van der Waals surface area contributed by atoms with Crippen molar-refractivity contribution in [2.75, 3.05) is 20.2 Å². The topological polar surface area (TPSA) is 60.2 Å². The zero-order valence-corrected chi connectivity index (χ0v) is 15.9. The van der Waals surface area contributed by atoms with Gasteiger partial charge in [-0.15, -0.1) is 0 Å². The monoisotopic (exact) mass is 378 g/mol. The second-order valence-corrected chi connectivity index (χ2v) is 7.14. The number of nitrogens with one attached hydrogen (secondary N) is 1. The number of likely N-dealkylation sites (tertiary alicyclic amines) is 1. The molecule has 2 aliphatic heterocycles. The van der Waals surface area contributed by atoms with Crippen LogP contribution in [0.15, 0.2) is 54.3 Å². The number of methoxy groups -OCH3 is 1. The van der Waals surface area contributed by atoms with E-state index in [0.29, 0.717) is 17.9 Å². The highest BCUT2D eigenvalue weighted by molar-refractivity contribution is 6.12. The second-order valence-electron chi connectivity index (χ2n) is 7.14. The van der Waals surface area contributed by atoms with Crippen molar-refractivity contribution >= 4 is 11.9 Å². The summed E-state index contributed by atoms with van der Waals surface area (Å²) in [4.78, 5) is 14.1. The fourth-order valence-corrected chi connectivity index (χ4v) is 3.83. The van der Waals surface area contributed by atoms with E-state index in [1.54, 1.807) is 31.4 Å². The van der Waals surface area contributed by atoms with Crippen LogP contribution in [-0.2, 0) is 6.54 Å². The maximum absolute atomic E-state index is 12.7. The van der Waals surface area contributed by atoms with Crippen molar-refractivity contribution in [1.82, 2.24) is 0 Å². The molecule has 0 aromatic heterocycles. The molecule has 2 aromatic rings. The summed E-state index contributed by atoms with van der Waals surface area (Å²) in [7, 11) is 1.63. The highest BCUT2D eigenvalue weighted by Gasteiger charge is 2.32. The van der Waals surface area contributed by atoms with Gasteiger partial charge in [0.05, 0.1) is 31.3 Å². The largest absolute Gasteiger partial charge is 0.507 e. The first-order chi connectivity index (χ1) is 13.7. The van der Waals surface area contributed by atoms with Gasteiger partial charge in [0.25, 0.3) is 0 Å². The molecule has 0 amide bonds. The predicted molar refractivity (Wildman–Crippen MR) is 107 cm³/mol. The molecule has 1 fully saturated rings. The Hall–Kier alpha value is -3.05. The van der Waals surface area contributed by atoms with Crippen molar-refractivity contribution in [3.8, 4) is 17.2 Å². The number of fused-ring (bicyclic) bond motifs is 1. The van der Waals surface area contributed by atoms with Crippen LogP contribution in [0.4, 0.5) is 0 Å². The van der Waals surface area contributed by atoms with Crippen LogP contribution in [0.25, 0.3) is 6.08 Å². The number of ether oxygens (including phenoxy) is 2. The van der Waals surface area contributed by atoms with Gasteiger partial charge in [0, 0.05) is 18.4 Å². The van der Waals surface area contributed by atoms with Crippen LogP contribution in [0.1, 0.15) is 34.3 Å². The first-order valence-corrected chi connectivity index (χ1v) is 9.59. The Morgan fingerprint density at radius 3 is 2.75 bits per heavy atom. The van der Waals surface area contributed by atoms with E-state index >= 15 is 0 Å². The van der Waals surface area contributed by atoms with Crippen LogP contribution in [0.2, 0.25) is 0 Å². The Bertz CT molecular complexity index is 955. The summed E-state index contributed by atoms with van der Waals surface area (Å²) >= 11 is 0. The summed E-state index contributed by atoms with van der Waals surface area (Å²) in [5.41, 5.74) is 2.16. The Morgan fingerprint density at radius 1 is 1.18 bits per heavy atom. The number of rotatable bonds is 5. The van der Waals surface area contributed by atoms with E-state index in [0.717, 1.165) is 30.0 Å². The number of benzene rings is 2. The average Bonchev–Trinajstić information content (AvgIpc) is 3.33. The molecule has 28 heavy (non-hydrogen) atoms. The standard InChI is InChI=1S/C23H23NO4/c1-27-20-9-3-2-7-16(20)8-6-10-21-22(26)17-11-12-19(25)18(23(17)28-21)15-24-13-4-5-14-24/h2-3,6-12,25H,4-5,13-15H2,1H3/p+1/b8-6+,21-10+. The number of hydrogen-bond acceptors (Lipinski definition) is 4. The number of Topliss-reactive ketones (excluding diaryl/α,β-unsaturated/α-hetero) is 1. The molecular formula is C23H24NO4+. The molecular weight excluding hydrogens is 354 g/mol. The van der Waals surface area contributed by atoms with E-state index in [4.69, 9.17) is 9.47 Å². The van der Waals surface area contributed by atoms with Gasteiger partial charge in [0.15, 0.2) is 11.5 Å². The number of phenolic OH excluding ortho intramolecular Hbond substituents is 1. The van der Waals surface area contributed by atoms with Crippen molar-refractivity contribution < 1.29 is 24.3 Å². The summed E-state index contributed by atoms with van der Waals surface area (Å²) in [6.45, 7) is 2.84. The molecule has 5 heteroatoms. The Balaban J connectivity index is 1.58. The SMILES string of the molecule is COc1ccccc1/C=C/C=C1/Oc2c(ccc(O)c2C[NH+]2CCCC2)C1=O. The summed E-state index contributed by atoms with van der Waals surface area (Å²) in [5, 5.41) is 10.3. The van der Waals surface area contributed by atoms with E-state index in [-0.39, 0.29) is 17.3 Å². The maximum atomic E-state index is 12.7. The molecule has 4 rings (SSSR count). The molecule has 2 heterocycles. The highest BCUT2D eigenvalue weighted by atomic mass is 16.5. The molecule has 2 aromatic carbocycles. The van der Waals surface area contributed by atoms with Crippen LogP contribution < -0.4 is 14.4 Å². The van der Waals surface area contributed by atoms with Crippen molar-refractivity contribution in [2.45, 2.75) is 19.4 Å². The molecule has 0 saturated carbocycles. The van der Waals surface area contributed by atoms with Gasteiger partial charge in [-0.1, -0.05) is 30.4 Å². The molecule has 0 atom stereocenters. The van der Waals surface area contributed by atoms with E-state index in [2.05, 4.69) is 0 Å². The van der Waals surface area contributed by atoms with Gasteiger partial charge < -0.3 is 19.5 Å². The number of aromatic hydroxyl groups is 1. The van der Waals surface area contributed by atoms with E-state index < -0.39 is 0 Å². The van der Waals surface area contributed by atoms with Crippen LogP contribution in [-0.4, -0.2) is 31.1 Å². The van der Waals surface area contributed by atoms with Gasteiger partial charge >= 0.3 is 0 Å². The lowest BCUT2D eigenvalue weighted by atomic mass is 10.0. The molecule has 144 valence electrons. The number of hydrogen-bond donors (Lipinski definition) is 2. The zero-order valence-electron chi connectivity index (χ0n) is 15.9. The second kappa shape index (κ2) is 7.90. The zero-order chi connectivity index (χ0) is 19.5. The molecule has 0 unspecified atom stereocenters. The third-order valence-corrected chi connectivity index (χ3v) is 5.32. The predicted octanol–water partition coefficient (Wildman–Crippen LogP) is 2.75. The van der Waals surface area contributed by atoms with Gasteiger partial charge in [-0.05, 0) is 24.3 Å². The van der Waals surface area contributed by atoms with Crippen LogP contribution in [0.3, 0.4) is 0 Å². The number of allylic oxidation sites excluding steroid dienone is 3. The lowest BCUT2D eigenvalue weighted by molar-refractivity contribution is -0.901. The molecule has 2 aliphatic rings. The van der Waals surface area contributed by atoms with Gasteiger partial charge in [-0.2, -0.15) is 0 Å². The van der Waals surface area contributed by atoms with Gasteiger partial charge in [0.2, 0.25) is 5.78 Å². The summed E-state index contributed by atoms with van der Waals surface area (Å²) in [6, 6.07) is 10.9. The number of quaternary nitrogens is 1. The maximum Gasteiger partial charge on any atom is 0.231 e. The molecule has 0 aliphatic carbocycles. The van der Waals surface area contributed by atoms with Crippen molar-refractivity contribution in [2.24, 2.45) is 0 Å². The van der Waals surface area contributed by atoms with Crippen LogP contribution in [0, 0.1) is 0 Å². The number of para-hydroxylation sites is 1. The normalized spacial score (nSPS) is 18.0. The minimum absolute atomic E-state index is 0.155. The summed E-state index contributed by atoms with van der Waals surface area (Å²) in [6.07, 6.45) is 7.71.